The van der Waals surface area contributed by atoms with Crippen molar-refractivity contribution in [2.75, 3.05) is 12.3 Å². The molecule has 2 heterocycles. The third-order valence-electron chi connectivity index (χ3n) is 2.89. The summed E-state index contributed by atoms with van der Waals surface area (Å²) in [5, 5.41) is 0.974. The Balaban J connectivity index is 2.07. The summed E-state index contributed by atoms with van der Waals surface area (Å²) in [7, 11) is 0. The van der Waals surface area contributed by atoms with E-state index in [1.54, 1.807) is 11.8 Å². The van der Waals surface area contributed by atoms with Crippen molar-refractivity contribution in [2.45, 2.75) is 38.6 Å². The van der Waals surface area contributed by atoms with E-state index in [1.165, 1.54) is 19.3 Å². The summed E-state index contributed by atoms with van der Waals surface area (Å²) < 4.78 is 0. The summed E-state index contributed by atoms with van der Waals surface area (Å²) in [5.74, 6) is 0.577. The van der Waals surface area contributed by atoms with Crippen LogP contribution in [0.3, 0.4) is 0 Å². The fourth-order valence-electron chi connectivity index (χ4n) is 2.12. The molecule has 3 nitrogen and oxygen atoms in total. The van der Waals surface area contributed by atoms with Crippen LogP contribution in [0.5, 0.6) is 0 Å². The van der Waals surface area contributed by atoms with Gasteiger partial charge in [-0.15, -0.1) is 0 Å². The number of likely N-dealkylation sites (tertiary alicyclic amines) is 1. The maximum Gasteiger partial charge on any atom is 0.258 e. The second-order valence-corrected chi connectivity index (χ2v) is 4.77. The zero-order valence-electron chi connectivity index (χ0n) is 8.53. The van der Waals surface area contributed by atoms with Crippen LogP contribution in [0, 0.1) is 0 Å². The highest BCUT2D eigenvalue weighted by molar-refractivity contribution is 8.14. The first kappa shape index (κ1) is 10.0. The van der Waals surface area contributed by atoms with Crippen molar-refractivity contribution in [3.8, 4) is 0 Å². The number of thioether (sulfide) groups is 1. The lowest BCUT2D eigenvalue weighted by molar-refractivity contribution is -0.115. The topological polar surface area (TPSA) is 32.7 Å². The zero-order valence-corrected chi connectivity index (χ0v) is 9.35. The molecule has 0 aromatic rings. The minimum absolute atomic E-state index is 0.0328. The molecular weight excluding hydrogens is 196 g/mol. The lowest BCUT2D eigenvalue weighted by Crippen LogP contribution is -2.41. The van der Waals surface area contributed by atoms with Crippen molar-refractivity contribution in [1.29, 1.82) is 0 Å². The molecular formula is C10H16N2OS. The molecule has 78 valence electrons. The number of hydrogen-bond acceptors (Lipinski definition) is 3. The summed E-state index contributed by atoms with van der Waals surface area (Å²) in [6.07, 6.45) is 4.98. The fraction of sp³-hybridized carbons (Fsp3) is 0.800. The average molecular weight is 212 g/mol. The summed E-state index contributed by atoms with van der Waals surface area (Å²) in [5.41, 5.74) is 0. The van der Waals surface area contributed by atoms with E-state index in [4.69, 9.17) is 0 Å². The highest BCUT2D eigenvalue weighted by Crippen LogP contribution is 2.26. The van der Waals surface area contributed by atoms with Gasteiger partial charge in [-0.3, -0.25) is 4.79 Å². The molecule has 0 spiro atoms. The quantitative estimate of drug-likeness (QED) is 0.665. The van der Waals surface area contributed by atoms with Crippen LogP contribution in [0.1, 0.15) is 32.6 Å². The Labute approximate surface area is 89.0 Å². The van der Waals surface area contributed by atoms with Crippen molar-refractivity contribution >= 4 is 22.8 Å². The molecule has 0 radical (unpaired) electrons. The standard InChI is InChI=1S/C10H16N2OS/c1-2-8-5-3-4-6-12(8)10-11-9(13)7-14-10/h8H,2-7H2,1H3. The largest absolute Gasteiger partial charge is 0.348 e. The second kappa shape index (κ2) is 4.34. The molecule has 1 saturated heterocycles. The van der Waals surface area contributed by atoms with Gasteiger partial charge in [0.1, 0.15) is 0 Å². The van der Waals surface area contributed by atoms with E-state index >= 15 is 0 Å². The van der Waals surface area contributed by atoms with Gasteiger partial charge in [0, 0.05) is 12.6 Å². The van der Waals surface area contributed by atoms with E-state index in [0.29, 0.717) is 11.8 Å². The smallest absolute Gasteiger partial charge is 0.258 e. The summed E-state index contributed by atoms with van der Waals surface area (Å²) in [6.45, 7) is 3.29. The number of amides is 1. The van der Waals surface area contributed by atoms with Gasteiger partial charge < -0.3 is 4.90 Å². The number of hydrogen-bond donors (Lipinski definition) is 0. The molecule has 0 N–H and O–H groups in total. The molecule has 1 atom stereocenters. The van der Waals surface area contributed by atoms with E-state index in [2.05, 4.69) is 16.8 Å². The number of piperidine rings is 1. The molecule has 0 aromatic carbocycles. The predicted molar refractivity (Wildman–Crippen MR) is 59.5 cm³/mol. The van der Waals surface area contributed by atoms with Gasteiger partial charge >= 0.3 is 0 Å². The lowest BCUT2D eigenvalue weighted by Gasteiger charge is -2.36. The van der Waals surface area contributed by atoms with Gasteiger partial charge in [0.2, 0.25) is 0 Å². The Morgan fingerprint density at radius 3 is 3.07 bits per heavy atom. The van der Waals surface area contributed by atoms with Crippen molar-refractivity contribution in [3.63, 3.8) is 0 Å². The summed E-state index contributed by atoms with van der Waals surface area (Å²) >= 11 is 1.60. The van der Waals surface area contributed by atoms with Gasteiger partial charge in [0.25, 0.3) is 5.91 Å². The van der Waals surface area contributed by atoms with Crippen LogP contribution < -0.4 is 0 Å². The Kier molecular flexibility index (Phi) is 3.11. The number of carbonyl (C=O) groups is 1. The Bertz CT molecular complexity index is 265. The number of carbonyl (C=O) groups excluding carboxylic acids is 1. The minimum Gasteiger partial charge on any atom is -0.348 e. The summed E-state index contributed by atoms with van der Waals surface area (Å²) in [4.78, 5) is 17.5. The van der Waals surface area contributed by atoms with E-state index in [9.17, 15) is 4.79 Å². The van der Waals surface area contributed by atoms with E-state index < -0.39 is 0 Å². The van der Waals surface area contributed by atoms with Crippen LogP contribution >= 0.6 is 11.8 Å². The highest BCUT2D eigenvalue weighted by atomic mass is 32.2. The number of rotatable bonds is 1. The van der Waals surface area contributed by atoms with Crippen LogP contribution in [0.25, 0.3) is 0 Å². The number of amidine groups is 1. The monoisotopic (exact) mass is 212 g/mol. The molecule has 0 aliphatic carbocycles. The number of nitrogens with zero attached hydrogens (tertiary/aromatic N) is 2. The normalized spacial score (nSPS) is 28.1. The van der Waals surface area contributed by atoms with Gasteiger partial charge in [0.05, 0.1) is 5.75 Å². The third-order valence-corrected chi connectivity index (χ3v) is 3.86. The SMILES string of the molecule is CCC1CCCCN1C1=NC(=O)CS1. The van der Waals surface area contributed by atoms with Crippen molar-refractivity contribution in [3.05, 3.63) is 0 Å². The molecule has 1 amide bonds. The highest BCUT2D eigenvalue weighted by Gasteiger charge is 2.27. The second-order valence-electron chi connectivity index (χ2n) is 3.83. The minimum atomic E-state index is 0.0328. The molecule has 2 aliphatic heterocycles. The Morgan fingerprint density at radius 2 is 2.43 bits per heavy atom. The number of aliphatic imine (C=N–C) groups is 1. The molecule has 1 unspecified atom stereocenters. The van der Waals surface area contributed by atoms with E-state index in [-0.39, 0.29) is 5.91 Å². The van der Waals surface area contributed by atoms with Gasteiger partial charge in [-0.1, -0.05) is 18.7 Å². The van der Waals surface area contributed by atoms with Crippen LogP contribution in [0.15, 0.2) is 4.99 Å². The zero-order chi connectivity index (χ0) is 9.97. The third kappa shape index (κ3) is 1.95. The first-order valence-electron chi connectivity index (χ1n) is 5.32. The van der Waals surface area contributed by atoms with Gasteiger partial charge in [-0.05, 0) is 25.7 Å². The predicted octanol–water partition coefficient (Wildman–Crippen LogP) is 1.88. The van der Waals surface area contributed by atoms with Crippen LogP contribution in [-0.2, 0) is 4.79 Å². The van der Waals surface area contributed by atoms with Crippen LogP contribution in [-0.4, -0.2) is 34.3 Å². The molecule has 4 heteroatoms. The van der Waals surface area contributed by atoms with Gasteiger partial charge in [-0.2, -0.15) is 4.99 Å². The Morgan fingerprint density at radius 1 is 1.57 bits per heavy atom. The maximum absolute atomic E-state index is 11.1. The first-order valence-corrected chi connectivity index (χ1v) is 6.30. The lowest BCUT2D eigenvalue weighted by atomic mass is 10.0. The summed E-state index contributed by atoms with van der Waals surface area (Å²) in [6, 6.07) is 0.612. The Hall–Kier alpha value is -0.510. The van der Waals surface area contributed by atoms with Crippen molar-refractivity contribution in [2.24, 2.45) is 4.99 Å². The molecule has 2 rings (SSSR count). The van der Waals surface area contributed by atoms with Crippen molar-refractivity contribution < 1.29 is 4.79 Å². The molecule has 14 heavy (non-hydrogen) atoms. The fourth-order valence-corrected chi connectivity index (χ4v) is 3.01. The maximum atomic E-state index is 11.1. The van der Waals surface area contributed by atoms with E-state index in [1.807, 2.05) is 0 Å². The van der Waals surface area contributed by atoms with Gasteiger partial charge in [-0.25, -0.2) is 0 Å². The molecule has 1 fully saturated rings. The van der Waals surface area contributed by atoms with Crippen LogP contribution in [0.4, 0.5) is 0 Å². The first-order chi connectivity index (χ1) is 6.81. The average Bonchev–Trinajstić information content (AvgIpc) is 2.65. The van der Waals surface area contributed by atoms with E-state index in [0.717, 1.165) is 18.1 Å². The molecule has 0 bridgehead atoms. The van der Waals surface area contributed by atoms with Crippen molar-refractivity contribution in [1.82, 2.24) is 4.90 Å². The van der Waals surface area contributed by atoms with Crippen LogP contribution in [0.2, 0.25) is 0 Å². The molecule has 2 aliphatic rings. The molecule has 0 aromatic heterocycles. The van der Waals surface area contributed by atoms with Gasteiger partial charge in [0.15, 0.2) is 5.17 Å². The molecule has 0 saturated carbocycles.